The fourth-order valence-electron chi connectivity index (χ4n) is 12.4. The molecule has 19 heteroatoms. The fraction of sp³-hybridized carbons (Fsp3) is 0.951. The smallest absolute Gasteiger partial charge is 0.462 e. The number of carbonyl (C=O) groups excluding carboxylic acids is 4. The van der Waals surface area contributed by atoms with E-state index in [1.807, 2.05) is 0 Å². The van der Waals surface area contributed by atoms with Crippen LogP contribution < -0.4 is 0 Å². The summed E-state index contributed by atoms with van der Waals surface area (Å²) < 4.78 is 68.6. The normalized spacial score (nSPS) is 14.5. The van der Waals surface area contributed by atoms with Gasteiger partial charge in [-0.05, 0) is 43.4 Å². The highest BCUT2D eigenvalue weighted by atomic mass is 31.2. The van der Waals surface area contributed by atoms with Crippen LogP contribution in [0.1, 0.15) is 421 Å². The number of unbranched alkanes of at least 4 members (excludes halogenated alkanes) is 45. The Balaban J connectivity index is 5.18. The Hall–Kier alpha value is -1.94. The van der Waals surface area contributed by atoms with Crippen molar-refractivity contribution in [2.75, 3.05) is 39.6 Å². The fourth-order valence-corrected chi connectivity index (χ4v) is 14.0. The third kappa shape index (κ3) is 71.7. The Labute approximate surface area is 613 Å². The SMILES string of the molecule is CCCCCCCCCCC(=O)OC[C@H](COP(=O)(O)OC[C@H](O)COP(=O)(O)OC[C@@H](COC(=O)CCCCCCCCCCCCCCCCCC(C)C)OC(=O)CCCCCCCCCCCCCCCCCCCCC(C)CC)OC(=O)CCCCCCCCCCC(C)CC. The summed E-state index contributed by atoms with van der Waals surface area (Å²) in [6.45, 7) is 12.0. The minimum atomic E-state index is -4.96. The maximum Gasteiger partial charge on any atom is 0.472 e. The first-order chi connectivity index (χ1) is 48.3. The van der Waals surface area contributed by atoms with Crippen LogP contribution >= 0.6 is 15.6 Å². The Morgan fingerprint density at radius 1 is 0.290 bits per heavy atom. The topological polar surface area (TPSA) is 237 Å². The predicted molar refractivity (Wildman–Crippen MR) is 409 cm³/mol. The number of hydrogen-bond donors (Lipinski definition) is 3. The van der Waals surface area contributed by atoms with Crippen molar-refractivity contribution in [1.82, 2.24) is 0 Å². The molecule has 0 aliphatic heterocycles. The predicted octanol–water partition coefficient (Wildman–Crippen LogP) is 24.1. The van der Waals surface area contributed by atoms with Crippen molar-refractivity contribution in [3.63, 3.8) is 0 Å². The third-order valence-corrected chi connectivity index (χ3v) is 21.5. The van der Waals surface area contributed by atoms with Crippen molar-refractivity contribution in [3.05, 3.63) is 0 Å². The first kappa shape index (κ1) is 98.1. The van der Waals surface area contributed by atoms with Gasteiger partial charge in [0.15, 0.2) is 12.2 Å². The molecule has 4 unspecified atom stereocenters. The minimum Gasteiger partial charge on any atom is -0.462 e. The molecule has 0 saturated heterocycles. The number of hydrogen-bond acceptors (Lipinski definition) is 15. The summed E-state index contributed by atoms with van der Waals surface area (Å²) in [7, 11) is -9.92. The van der Waals surface area contributed by atoms with Gasteiger partial charge in [0.25, 0.3) is 0 Å². The van der Waals surface area contributed by atoms with Crippen LogP contribution in [0.15, 0.2) is 0 Å². The summed E-state index contributed by atoms with van der Waals surface area (Å²) in [5.74, 6) is 0.331. The molecule has 0 aromatic rings. The number of aliphatic hydroxyl groups excluding tert-OH is 1. The molecule has 0 rings (SSSR count). The average Bonchev–Trinajstić information content (AvgIpc) is 0.925. The maximum absolute atomic E-state index is 13.1. The molecule has 3 N–H and O–H groups in total. The molecule has 0 aliphatic rings. The van der Waals surface area contributed by atoms with Gasteiger partial charge in [-0.1, -0.05) is 370 Å². The number of ether oxygens (including phenoxy) is 4. The number of carbonyl (C=O) groups is 4. The average molecular weight is 1470 g/mol. The van der Waals surface area contributed by atoms with Crippen molar-refractivity contribution in [2.24, 2.45) is 17.8 Å². The van der Waals surface area contributed by atoms with Crippen LogP contribution in [0.5, 0.6) is 0 Å². The van der Waals surface area contributed by atoms with Gasteiger partial charge in [0.1, 0.15) is 19.3 Å². The van der Waals surface area contributed by atoms with Gasteiger partial charge in [-0.25, -0.2) is 9.13 Å². The molecule has 0 aliphatic carbocycles. The zero-order chi connectivity index (χ0) is 73.7. The molecule has 0 heterocycles. The van der Waals surface area contributed by atoms with Gasteiger partial charge in [-0.2, -0.15) is 0 Å². The Bertz CT molecular complexity index is 1940. The number of rotatable bonds is 79. The lowest BCUT2D eigenvalue weighted by molar-refractivity contribution is -0.161. The number of esters is 4. The van der Waals surface area contributed by atoms with E-state index in [1.165, 1.54) is 225 Å². The van der Waals surface area contributed by atoms with Crippen molar-refractivity contribution in [3.8, 4) is 0 Å². The summed E-state index contributed by atoms with van der Waals surface area (Å²) in [5.41, 5.74) is 0. The highest BCUT2D eigenvalue weighted by molar-refractivity contribution is 7.47. The van der Waals surface area contributed by atoms with E-state index >= 15 is 0 Å². The van der Waals surface area contributed by atoms with E-state index < -0.39 is 97.5 Å². The maximum atomic E-state index is 13.1. The third-order valence-electron chi connectivity index (χ3n) is 19.6. The van der Waals surface area contributed by atoms with Gasteiger partial charge >= 0.3 is 39.5 Å². The molecule has 17 nitrogen and oxygen atoms in total. The number of aliphatic hydroxyl groups is 1. The van der Waals surface area contributed by atoms with Crippen LogP contribution in [0.4, 0.5) is 0 Å². The standard InChI is InChI=1S/C81H158O17P2/c1-8-11-12-13-14-41-48-55-62-78(83)91-68-76(98-81(86)65-58-51-44-37-36-40-47-54-61-74(7)10-3)70-95-99(87,88)93-66-75(82)67-94-100(89,90)96-71-77(69-92-79(84)63-56-49-42-34-30-26-23-19-20-24-28-32-38-45-52-59-72(4)5)97-80(85)64-57-50-43-35-31-27-22-18-16-15-17-21-25-29-33-39-46-53-60-73(6)9-2/h72-77,82H,8-71H2,1-7H3,(H,87,88)(H,89,90)/t73?,74?,75-,76+,77+/m0/s1. The molecule has 0 aromatic carbocycles. The summed E-state index contributed by atoms with van der Waals surface area (Å²) in [5, 5.41) is 10.6. The Kier molecular flexibility index (Phi) is 69.9. The van der Waals surface area contributed by atoms with Gasteiger partial charge < -0.3 is 33.8 Å². The molecule has 100 heavy (non-hydrogen) atoms. The van der Waals surface area contributed by atoms with Crippen LogP contribution in [0.2, 0.25) is 0 Å². The first-order valence-corrected chi connectivity index (χ1v) is 44.9. The second-order valence-electron chi connectivity index (χ2n) is 30.1. The first-order valence-electron chi connectivity index (χ1n) is 41.9. The second-order valence-corrected chi connectivity index (χ2v) is 33.0. The van der Waals surface area contributed by atoms with E-state index in [4.69, 9.17) is 37.0 Å². The molecule has 0 spiro atoms. The molecule has 594 valence electrons. The van der Waals surface area contributed by atoms with Crippen molar-refractivity contribution in [2.45, 2.75) is 439 Å². The molecule has 0 saturated carbocycles. The van der Waals surface area contributed by atoms with Crippen molar-refractivity contribution < 1.29 is 80.2 Å². The van der Waals surface area contributed by atoms with Gasteiger partial charge in [-0.15, -0.1) is 0 Å². The molecule has 0 radical (unpaired) electrons. The molecular formula is C81H158O17P2. The summed E-state index contributed by atoms with van der Waals surface area (Å²) in [6.07, 6.45) is 59.7. The number of phosphoric ester groups is 2. The van der Waals surface area contributed by atoms with Gasteiger partial charge in [0, 0.05) is 25.7 Å². The van der Waals surface area contributed by atoms with Crippen LogP contribution in [0.25, 0.3) is 0 Å². The van der Waals surface area contributed by atoms with E-state index in [0.29, 0.717) is 25.7 Å². The zero-order valence-corrected chi connectivity index (χ0v) is 67.5. The summed E-state index contributed by atoms with van der Waals surface area (Å²) >= 11 is 0. The lowest BCUT2D eigenvalue weighted by Gasteiger charge is -2.21. The molecule has 0 bridgehead atoms. The van der Waals surface area contributed by atoms with E-state index in [2.05, 4.69) is 48.5 Å². The lowest BCUT2D eigenvalue weighted by Crippen LogP contribution is -2.30. The van der Waals surface area contributed by atoms with Gasteiger partial charge in [-0.3, -0.25) is 37.3 Å². The van der Waals surface area contributed by atoms with E-state index in [9.17, 15) is 43.2 Å². The Morgan fingerprint density at radius 3 is 0.760 bits per heavy atom. The summed E-state index contributed by atoms with van der Waals surface area (Å²) in [4.78, 5) is 72.9. The largest absolute Gasteiger partial charge is 0.472 e. The Morgan fingerprint density at radius 2 is 0.510 bits per heavy atom. The van der Waals surface area contributed by atoms with Crippen LogP contribution in [-0.4, -0.2) is 96.7 Å². The molecule has 7 atom stereocenters. The molecule has 0 aromatic heterocycles. The monoisotopic (exact) mass is 1470 g/mol. The second kappa shape index (κ2) is 71.3. The van der Waals surface area contributed by atoms with Crippen LogP contribution in [-0.2, 0) is 65.4 Å². The van der Waals surface area contributed by atoms with Crippen LogP contribution in [0.3, 0.4) is 0 Å². The zero-order valence-electron chi connectivity index (χ0n) is 65.7. The van der Waals surface area contributed by atoms with Gasteiger partial charge in [0.05, 0.1) is 26.4 Å². The van der Waals surface area contributed by atoms with Crippen molar-refractivity contribution in [1.29, 1.82) is 0 Å². The highest BCUT2D eigenvalue weighted by Gasteiger charge is 2.30. The summed E-state index contributed by atoms with van der Waals surface area (Å²) in [6, 6.07) is 0. The minimum absolute atomic E-state index is 0.105. The van der Waals surface area contributed by atoms with E-state index in [0.717, 1.165) is 114 Å². The molecule has 0 amide bonds. The molecular weight excluding hydrogens is 1310 g/mol. The van der Waals surface area contributed by atoms with Gasteiger partial charge in [0.2, 0.25) is 0 Å². The molecule has 0 fully saturated rings. The van der Waals surface area contributed by atoms with Crippen molar-refractivity contribution >= 4 is 39.5 Å². The highest BCUT2D eigenvalue weighted by Crippen LogP contribution is 2.45. The quantitative estimate of drug-likeness (QED) is 0.0222. The van der Waals surface area contributed by atoms with E-state index in [1.54, 1.807) is 0 Å². The van der Waals surface area contributed by atoms with E-state index in [-0.39, 0.29) is 25.7 Å². The van der Waals surface area contributed by atoms with Crippen LogP contribution in [0, 0.1) is 17.8 Å². The number of phosphoric acid groups is 2. The lowest BCUT2D eigenvalue weighted by atomic mass is 9.99.